The summed E-state index contributed by atoms with van der Waals surface area (Å²) in [5, 5.41) is 15.8. The molecule has 0 aliphatic heterocycles. The van der Waals surface area contributed by atoms with Gasteiger partial charge in [0.05, 0.1) is 17.8 Å². The molecule has 3 aromatic rings. The molecule has 0 amide bonds. The van der Waals surface area contributed by atoms with Crippen LogP contribution in [-0.2, 0) is 34.7 Å². The molecule has 0 radical (unpaired) electrons. The molecule has 0 aliphatic carbocycles. The maximum Gasteiger partial charge on any atom is 0.327 e. The average molecular weight is 513 g/mol. The summed E-state index contributed by atoms with van der Waals surface area (Å²) < 4.78 is 39.2. The van der Waals surface area contributed by atoms with Gasteiger partial charge in [-0.25, -0.2) is 0 Å². The minimum absolute atomic E-state index is 0.463. The van der Waals surface area contributed by atoms with Crippen molar-refractivity contribution in [2.45, 2.75) is 17.1 Å². The van der Waals surface area contributed by atoms with E-state index in [4.69, 9.17) is 9.84 Å². The van der Waals surface area contributed by atoms with Crippen molar-refractivity contribution in [3.05, 3.63) is 108 Å². The van der Waals surface area contributed by atoms with Crippen LogP contribution in [0.1, 0.15) is 23.1 Å². The molecule has 0 fully saturated rings. The predicted octanol–water partition coefficient (Wildman–Crippen LogP) is 3.00. The summed E-state index contributed by atoms with van der Waals surface area (Å²) >= 11 is 0. The summed E-state index contributed by atoms with van der Waals surface area (Å²) in [4.78, 5) is 35.8. The second-order valence-corrected chi connectivity index (χ2v) is 9.63. The number of hydrogen-bond donors (Lipinski definition) is 3. The van der Waals surface area contributed by atoms with Gasteiger partial charge in [-0.05, 0) is 16.7 Å². The van der Waals surface area contributed by atoms with Crippen LogP contribution in [0.3, 0.4) is 0 Å². The molecule has 0 saturated heterocycles. The molecule has 0 aromatic heterocycles. The molecule has 3 rings (SSSR count). The molecule has 0 heterocycles. The van der Waals surface area contributed by atoms with Crippen molar-refractivity contribution in [1.29, 1.82) is 0 Å². The molecule has 9 nitrogen and oxygen atoms in total. The molecule has 188 valence electrons. The number of carboxylic acids is 2. The lowest BCUT2D eigenvalue weighted by molar-refractivity contribution is -0.154. The molecule has 2 unspecified atom stereocenters. The van der Waals surface area contributed by atoms with E-state index in [1.165, 1.54) is 0 Å². The van der Waals surface area contributed by atoms with Crippen LogP contribution < -0.4 is 0 Å². The second kappa shape index (κ2) is 11.1. The van der Waals surface area contributed by atoms with Crippen molar-refractivity contribution in [3.63, 3.8) is 0 Å². The Morgan fingerprint density at radius 1 is 0.750 bits per heavy atom. The highest BCUT2D eigenvalue weighted by Gasteiger charge is 2.47. The third-order valence-electron chi connectivity index (χ3n) is 5.86. The third-order valence-corrected chi connectivity index (χ3v) is 7.02. The number of hydrogen-bond acceptors (Lipinski definition) is 6. The zero-order chi connectivity index (χ0) is 26.3. The summed E-state index contributed by atoms with van der Waals surface area (Å²) in [5.41, 5.74) is 0.936. The molecule has 3 aromatic carbocycles. The second-order valence-electron chi connectivity index (χ2n) is 8.09. The van der Waals surface area contributed by atoms with Gasteiger partial charge in [0.15, 0.2) is 5.25 Å². The number of carbonyl (C=O) groups excluding carboxylic acids is 1. The van der Waals surface area contributed by atoms with Crippen molar-refractivity contribution in [2.24, 2.45) is 5.92 Å². The molecular weight excluding hydrogens is 488 g/mol. The standard InChI is InChI=1S/C26H24O9S/c27-22(28)16-21(24(29)30)23(36(32,33)34)25(31)35-17-26(18-10-4-1-5-11-18,19-12-6-2-7-13-19)20-14-8-3-9-15-20/h1-15,21,23H,16-17H2,(H,27,28)(H,29,30)(H,32,33,34). The lowest BCUT2D eigenvalue weighted by Crippen LogP contribution is -2.45. The maximum absolute atomic E-state index is 13.0. The number of rotatable bonds is 11. The topological polar surface area (TPSA) is 155 Å². The normalized spacial score (nSPS) is 13.4. The SMILES string of the molecule is O=C(O)CC(C(=O)O)C(C(=O)OCC(c1ccccc1)(c1ccccc1)c1ccccc1)S(=O)(=O)O. The lowest BCUT2D eigenvalue weighted by Gasteiger charge is -2.35. The van der Waals surface area contributed by atoms with Crippen LogP contribution in [0.4, 0.5) is 0 Å². The highest BCUT2D eigenvalue weighted by atomic mass is 32.2. The van der Waals surface area contributed by atoms with E-state index in [1.54, 1.807) is 91.0 Å². The van der Waals surface area contributed by atoms with Crippen molar-refractivity contribution in [1.82, 2.24) is 0 Å². The zero-order valence-corrected chi connectivity index (χ0v) is 19.7. The van der Waals surface area contributed by atoms with Gasteiger partial charge in [-0.1, -0.05) is 91.0 Å². The highest BCUT2D eigenvalue weighted by Crippen LogP contribution is 2.39. The van der Waals surface area contributed by atoms with Crippen LogP contribution >= 0.6 is 0 Å². The van der Waals surface area contributed by atoms with Gasteiger partial charge in [-0.3, -0.25) is 18.9 Å². The van der Waals surface area contributed by atoms with E-state index >= 15 is 0 Å². The number of aliphatic carboxylic acids is 2. The Balaban J connectivity index is 2.13. The summed E-state index contributed by atoms with van der Waals surface area (Å²) in [6.07, 6.45) is -1.21. The van der Waals surface area contributed by atoms with Crippen molar-refractivity contribution in [3.8, 4) is 0 Å². The number of ether oxygens (including phenoxy) is 1. The first kappa shape index (κ1) is 26.6. The molecule has 10 heteroatoms. The Kier molecular flexibility index (Phi) is 8.23. The van der Waals surface area contributed by atoms with Gasteiger partial charge in [0, 0.05) is 0 Å². The molecule has 0 bridgehead atoms. The fourth-order valence-corrected chi connectivity index (χ4v) is 5.12. The van der Waals surface area contributed by atoms with Crippen molar-refractivity contribution < 1.29 is 42.3 Å². The van der Waals surface area contributed by atoms with E-state index in [0.29, 0.717) is 16.7 Å². The van der Waals surface area contributed by atoms with E-state index < -0.39 is 57.6 Å². The Morgan fingerprint density at radius 3 is 1.44 bits per heavy atom. The maximum atomic E-state index is 13.0. The van der Waals surface area contributed by atoms with Crippen LogP contribution in [0.5, 0.6) is 0 Å². The zero-order valence-electron chi connectivity index (χ0n) is 18.9. The van der Waals surface area contributed by atoms with Gasteiger partial charge >= 0.3 is 17.9 Å². The van der Waals surface area contributed by atoms with Gasteiger partial charge in [0.1, 0.15) is 6.61 Å². The molecule has 36 heavy (non-hydrogen) atoms. The van der Waals surface area contributed by atoms with Gasteiger partial charge < -0.3 is 14.9 Å². The van der Waals surface area contributed by atoms with E-state index in [0.717, 1.165) is 0 Å². The first-order valence-corrected chi connectivity index (χ1v) is 12.3. The number of carboxylic acid groups (broad SMARTS) is 2. The summed E-state index contributed by atoms with van der Waals surface area (Å²) in [6, 6.07) is 26.9. The Bertz CT molecular complexity index is 1210. The first-order valence-electron chi connectivity index (χ1n) is 10.8. The lowest BCUT2D eigenvalue weighted by atomic mass is 9.70. The van der Waals surface area contributed by atoms with E-state index in [2.05, 4.69) is 0 Å². The quantitative estimate of drug-likeness (QED) is 0.200. The molecule has 0 spiro atoms. The van der Waals surface area contributed by atoms with Crippen LogP contribution in [-0.4, -0.2) is 52.9 Å². The van der Waals surface area contributed by atoms with E-state index in [9.17, 15) is 32.5 Å². The third kappa shape index (κ3) is 5.78. The number of carbonyl (C=O) groups is 3. The fraction of sp³-hybridized carbons (Fsp3) is 0.192. The fourth-order valence-electron chi connectivity index (χ4n) is 4.18. The monoisotopic (exact) mass is 512 g/mol. The molecule has 0 aliphatic rings. The van der Waals surface area contributed by atoms with Crippen LogP contribution in [0.25, 0.3) is 0 Å². The Hall–Kier alpha value is -4.02. The van der Waals surface area contributed by atoms with E-state index in [-0.39, 0.29) is 0 Å². The van der Waals surface area contributed by atoms with E-state index in [1.807, 2.05) is 0 Å². The summed E-state index contributed by atoms with van der Waals surface area (Å²) in [7, 11) is -5.33. The first-order chi connectivity index (χ1) is 17.1. The minimum Gasteiger partial charge on any atom is -0.481 e. The molecular formula is C26H24O9S. The van der Waals surface area contributed by atoms with Crippen LogP contribution in [0, 0.1) is 5.92 Å². The Morgan fingerprint density at radius 2 is 1.14 bits per heavy atom. The van der Waals surface area contributed by atoms with Crippen LogP contribution in [0.2, 0.25) is 0 Å². The van der Waals surface area contributed by atoms with Crippen molar-refractivity contribution in [2.75, 3.05) is 6.61 Å². The average Bonchev–Trinajstić information content (AvgIpc) is 2.85. The van der Waals surface area contributed by atoms with Crippen molar-refractivity contribution >= 4 is 28.0 Å². The van der Waals surface area contributed by atoms with Gasteiger partial charge in [0.2, 0.25) is 0 Å². The van der Waals surface area contributed by atoms with Crippen LogP contribution in [0.15, 0.2) is 91.0 Å². The Labute approximate surface area is 207 Å². The van der Waals surface area contributed by atoms with Gasteiger partial charge in [0.25, 0.3) is 10.1 Å². The molecule has 2 atom stereocenters. The number of esters is 1. The highest BCUT2D eigenvalue weighted by molar-refractivity contribution is 7.87. The molecule has 3 N–H and O–H groups in total. The summed E-state index contributed by atoms with van der Waals surface area (Å²) in [6.45, 7) is -0.463. The number of benzene rings is 3. The summed E-state index contributed by atoms with van der Waals surface area (Å²) in [5.74, 6) is -7.36. The predicted molar refractivity (Wildman–Crippen MR) is 129 cm³/mol. The smallest absolute Gasteiger partial charge is 0.327 e. The molecule has 0 saturated carbocycles. The largest absolute Gasteiger partial charge is 0.481 e. The van der Waals surface area contributed by atoms with Gasteiger partial charge in [-0.15, -0.1) is 0 Å². The van der Waals surface area contributed by atoms with Gasteiger partial charge in [-0.2, -0.15) is 8.42 Å². The minimum atomic E-state index is -5.33.